The lowest BCUT2D eigenvalue weighted by atomic mass is 9.92. The van der Waals surface area contributed by atoms with Crippen LogP contribution in [0.5, 0.6) is 0 Å². The van der Waals surface area contributed by atoms with Crippen LogP contribution in [0.4, 0.5) is 8.78 Å². The second-order valence-corrected chi connectivity index (χ2v) is 18.2. The van der Waals surface area contributed by atoms with Crippen molar-refractivity contribution in [3.05, 3.63) is 206 Å². The zero-order valence-electron chi connectivity index (χ0n) is 37.0. The molecule has 0 fully saturated rings. The number of nitrogens with one attached hydrogen (secondary N) is 2. The minimum atomic E-state index is -0.348. The molecule has 5 heterocycles. The molecule has 0 saturated carbocycles. The maximum absolute atomic E-state index is 15.1. The van der Waals surface area contributed by atoms with Gasteiger partial charge >= 0.3 is 0 Å². The molecule has 0 spiro atoms. The van der Waals surface area contributed by atoms with Gasteiger partial charge in [0.15, 0.2) is 11.6 Å². The van der Waals surface area contributed by atoms with Gasteiger partial charge in [-0.15, -0.1) is 0 Å². The van der Waals surface area contributed by atoms with Gasteiger partial charge in [-0.25, -0.2) is 28.7 Å². The first-order chi connectivity index (χ1) is 34.5. The molecule has 326 valence electrons. The van der Waals surface area contributed by atoms with Gasteiger partial charge in [0.25, 0.3) is 0 Å². The molecule has 8 heteroatoms. The van der Waals surface area contributed by atoms with E-state index in [2.05, 4.69) is 107 Å². The van der Waals surface area contributed by atoms with Crippen LogP contribution < -0.4 is 0 Å². The second-order valence-electron chi connectivity index (χ2n) is 18.2. The summed E-state index contributed by atoms with van der Waals surface area (Å²) in [6.07, 6.45) is 0. The number of fused-ring (bicyclic) bond motifs is 24. The Morgan fingerprint density at radius 1 is 0.300 bits per heavy atom. The summed E-state index contributed by atoms with van der Waals surface area (Å²) in [6, 6.07) is 64.0. The van der Waals surface area contributed by atoms with Crippen molar-refractivity contribution in [2.45, 2.75) is 0 Å². The predicted octanol–water partition coefficient (Wildman–Crippen LogP) is 16.3. The first kappa shape index (κ1) is 38.7. The van der Waals surface area contributed by atoms with Crippen LogP contribution in [0.15, 0.2) is 194 Å². The Morgan fingerprint density at radius 2 is 0.614 bits per heavy atom. The van der Waals surface area contributed by atoms with Crippen molar-refractivity contribution in [3.8, 4) is 67.5 Å². The molecule has 6 nitrogen and oxygen atoms in total. The third-order valence-corrected chi connectivity index (χ3v) is 14.2. The van der Waals surface area contributed by atoms with Crippen molar-refractivity contribution in [3.63, 3.8) is 0 Å². The highest BCUT2D eigenvalue weighted by molar-refractivity contribution is 6.20. The van der Waals surface area contributed by atoms with Crippen LogP contribution in [0.2, 0.25) is 0 Å². The molecule has 2 N–H and O–H groups in total. The van der Waals surface area contributed by atoms with Crippen LogP contribution in [-0.2, 0) is 0 Å². The minimum Gasteiger partial charge on any atom is -0.339 e. The van der Waals surface area contributed by atoms with Crippen molar-refractivity contribution in [1.82, 2.24) is 29.9 Å². The smallest absolute Gasteiger partial charge is 0.164 e. The van der Waals surface area contributed by atoms with Crippen LogP contribution >= 0.6 is 0 Å². The fourth-order valence-corrected chi connectivity index (χ4v) is 10.9. The van der Waals surface area contributed by atoms with Gasteiger partial charge in [-0.2, -0.15) is 0 Å². The van der Waals surface area contributed by atoms with Crippen LogP contribution in [0.1, 0.15) is 0 Å². The third kappa shape index (κ3) is 5.83. The number of hydrogen-bond acceptors (Lipinski definition) is 4. The fraction of sp³-hybridized carbons (Fsp3) is 0. The largest absolute Gasteiger partial charge is 0.339 e. The second kappa shape index (κ2) is 14.6. The van der Waals surface area contributed by atoms with E-state index in [0.29, 0.717) is 34.3 Å². The normalized spacial score (nSPS) is 12.1. The lowest BCUT2D eigenvalue weighted by Gasteiger charge is -2.10. The number of nitrogens with zero attached hydrogens (tertiary/aromatic N) is 4. The number of aromatic amines is 2. The van der Waals surface area contributed by atoms with Crippen molar-refractivity contribution < 1.29 is 8.78 Å². The zero-order chi connectivity index (χ0) is 46.2. The average molecular weight is 901 g/mol. The number of hydrogen-bond donors (Lipinski definition) is 2. The summed E-state index contributed by atoms with van der Waals surface area (Å²) >= 11 is 0. The quantitative estimate of drug-likeness (QED) is 0.181. The van der Waals surface area contributed by atoms with Crippen LogP contribution in [0.25, 0.3) is 155 Å². The molecule has 0 radical (unpaired) electrons. The van der Waals surface area contributed by atoms with Crippen LogP contribution in [-0.4, -0.2) is 29.9 Å². The Kier molecular flexibility index (Phi) is 8.04. The van der Waals surface area contributed by atoms with Gasteiger partial charge in [-0.05, 0) is 127 Å². The van der Waals surface area contributed by atoms with Crippen LogP contribution in [0, 0.1) is 11.6 Å². The van der Waals surface area contributed by atoms with E-state index in [-0.39, 0.29) is 11.6 Å². The van der Waals surface area contributed by atoms with E-state index < -0.39 is 0 Å². The van der Waals surface area contributed by atoms with Crippen molar-refractivity contribution >= 4 is 87.0 Å². The Hall–Kier alpha value is -9.40. The molecular weight excluding hydrogens is 867 g/mol. The average Bonchev–Trinajstić information content (AvgIpc) is 4.13. The summed E-state index contributed by atoms with van der Waals surface area (Å²) in [6.45, 7) is 0. The number of aromatic nitrogens is 6. The Bertz CT molecular complexity index is 4320. The van der Waals surface area contributed by atoms with E-state index in [9.17, 15) is 0 Å². The number of H-pyrrole nitrogens is 2. The standard InChI is InChI=1S/C62H34F2N6/c63-43-21-17-33(18-22-43)53-55-45-25-35-9-1-2-10-36(35)26-46(45)56(65-55)54(34-19-23-44(64)24-20-34)58-48-28-38-12-4-6-14-40(38)30-50(48)60(67-58)69-62-52-32-42-16-8-7-15-41(42)31-51(52)61(70-62)68-59-49-29-39-13-5-3-11-37(39)27-47(49)57(53)66-59/h1-32H,(H2,66,67,68,69,70). The lowest BCUT2D eigenvalue weighted by molar-refractivity contribution is 0.627. The monoisotopic (exact) mass is 900 g/mol. The van der Waals surface area contributed by atoms with Gasteiger partial charge in [-0.3, -0.25) is 0 Å². The molecule has 10 aromatic carbocycles. The van der Waals surface area contributed by atoms with E-state index in [1.165, 1.54) is 24.3 Å². The van der Waals surface area contributed by atoms with E-state index in [0.717, 1.165) is 120 Å². The van der Waals surface area contributed by atoms with E-state index in [1.807, 2.05) is 72.8 Å². The molecule has 2 aliphatic rings. The first-order valence-corrected chi connectivity index (χ1v) is 23.2. The SMILES string of the molecule is Fc1ccc(-c2c3nc(c(-c4ccc(F)cc4)c4[nH]c(nc5nc(nc6[nH]c2c2cc7ccccc7cc62)-c2cc6ccccc6cc2-5)c2cc5ccccc5cc42)-c2cc4ccccc4cc2-3)cc1. The number of halogens is 2. The van der Waals surface area contributed by atoms with Crippen molar-refractivity contribution in [2.75, 3.05) is 0 Å². The molecule has 0 amide bonds. The van der Waals surface area contributed by atoms with Gasteiger partial charge < -0.3 is 9.97 Å². The summed E-state index contributed by atoms with van der Waals surface area (Å²) in [5.74, 6) is 0.339. The first-order valence-electron chi connectivity index (χ1n) is 23.2. The van der Waals surface area contributed by atoms with E-state index >= 15 is 8.78 Å². The molecule has 0 saturated heterocycles. The van der Waals surface area contributed by atoms with Gasteiger partial charge in [0.1, 0.15) is 22.9 Å². The molecule has 0 unspecified atom stereocenters. The van der Waals surface area contributed by atoms with Crippen molar-refractivity contribution in [1.29, 1.82) is 0 Å². The highest BCUT2D eigenvalue weighted by atomic mass is 19.1. The molecule has 15 rings (SSSR count). The Labute approximate surface area is 397 Å². The van der Waals surface area contributed by atoms with Gasteiger partial charge in [0.05, 0.1) is 22.4 Å². The lowest BCUT2D eigenvalue weighted by Crippen LogP contribution is -1.87. The van der Waals surface area contributed by atoms with Gasteiger partial charge in [0, 0.05) is 54.9 Å². The summed E-state index contributed by atoms with van der Waals surface area (Å²) in [5.41, 5.74) is 10.7. The van der Waals surface area contributed by atoms with E-state index in [1.54, 1.807) is 0 Å². The Balaban J connectivity index is 1.24. The molecular formula is C62H34F2N6. The minimum absolute atomic E-state index is 0.348. The number of benzene rings is 10. The fourth-order valence-electron chi connectivity index (χ4n) is 10.9. The van der Waals surface area contributed by atoms with Gasteiger partial charge in [0.2, 0.25) is 0 Å². The van der Waals surface area contributed by atoms with Crippen molar-refractivity contribution in [2.24, 2.45) is 0 Å². The third-order valence-electron chi connectivity index (χ3n) is 14.2. The summed E-state index contributed by atoms with van der Waals surface area (Å²) in [7, 11) is 0. The van der Waals surface area contributed by atoms with E-state index in [4.69, 9.17) is 19.9 Å². The molecule has 0 aliphatic carbocycles. The summed E-state index contributed by atoms with van der Waals surface area (Å²) < 4.78 is 30.2. The van der Waals surface area contributed by atoms with Crippen LogP contribution in [0.3, 0.4) is 0 Å². The maximum atomic E-state index is 15.1. The van der Waals surface area contributed by atoms with Gasteiger partial charge in [-0.1, -0.05) is 121 Å². The summed E-state index contributed by atoms with van der Waals surface area (Å²) in [5, 5.41) is 12.0. The predicted molar refractivity (Wildman–Crippen MR) is 281 cm³/mol. The molecule has 2 aliphatic heterocycles. The number of rotatable bonds is 2. The zero-order valence-corrected chi connectivity index (χ0v) is 37.0. The summed E-state index contributed by atoms with van der Waals surface area (Å²) in [4.78, 5) is 29.8. The topological polar surface area (TPSA) is 83.1 Å². The molecule has 0 atom stereocenters. The molecule has 70 heavy (non-hydrogen) atoms. The maximum Gasteiger partial charge on any atom is 0.164 e. The Morgan fingerprint density at radius 3 is 0.971 bits per heavy atom. The highest BCUT2D eigenvalue weighted by Crippen LogP contribution is 2.50. The molecule has 3 aromatic heterocycles. The molecule has 8 bridgehead atoms. The molecule has 13 aromatic rings. The highest BCUT2D eigenvalue weighted by Gasteiger charge is 2.28.